The van der Waals surface area contributed by atoms with Gasteiger partial charge < -0.3 is 9.84 Å². The van der Waals surface area contributed by atoms with Crippen LogP contribution in [0.1, 0.15) is 91.9 Å². The van der Waals surface area contributed by atoms with Crippen molar-refractivity contribution in [3.8, 4) is 0 Å². The van der Waals surface area contributed by atoms with Crippen molar-refractivity contribution in [3.63, 3.8) is 0 Å². The van der Waals surface area contributed by atoms with E-state index in [9.17, 15) is 5.11 Å². The number of rotatable bonds is 0. The molecule has 0 aromatic carbocycles. The normalized spacial score (nSPS) is 62.5. The van der Waals surface area contributed by atoms with Gasteiger partial charge in [-0.15, -0.1) is 0 Å². The Hall–Kier alpha value is -0.120. The maximum atomic E-state index is 10.3. The Balaban J connectivity index is 1.26. The zero-order valence-corrected chi connectivity index (χ0v) is 19.8. The summed E-state index contributed by atoms with van der Waals surface area (Å²) in [4.78, 5) is 0. The third kappa shape index (κ3) is 2.61. The van der Waals surface area contributed by atoms with Gasteiger partial charge in [0, 0.05) is 12.5 Å². The summed E-state index contributed by atoms with van der Waals surface area (Å²) in [5.41, 5.74) is 0.919. The Morgan fingerprint density at radius 1 is 0.867 bits per heavy atom. The summed E-state index contributed by atoms with van der Waals surface area (Å²) < 4.78 is 7.01. The van der Waals surface area contributed by atoms with Crippen LogP contribution in [-0.2, 0) is 4.74 Å². The topological polar surface area (TPSA) is 41.5 Å². The van der Waals surface area contributed by atoms with E-state index in [4.69, 9.17) is 4.74 Å². The summed E-state index contributed by atoms with van der Waals surface area (Å²) in [6.07, 6.45) is 13.2. The van der Waals surface area contributed by atoms with Gasteiger partial charge in [-0.25, -0.2) is 0 Å². The lowest BCUT2D eigenvalue weighted by Crippen LogP contribution is -2.57. The highest BCUT2D eigenvalue weighted by Gasteiger charge is 2.68. The van der Waals surface area contributed by atoms with Gasteiger partial charge in [0.1, 0.15) is 5.72 Å². The second kappa shape index (κ2) is 6.70. The first-order valence-corrected chi connectivity index (χ1v) is 13.4. The van der Waals surface area contributed by atoms with Crippen LogP contribution in [0.15, 0.2) is 0 Å². The van der Waals surface area contributed by atoms with E-state index in [2.05, 4.69) is 33.0 Å². The molecule has 6 aliphatic rings. The third-order valence-electron chi connectivity index (χ3n) is 12.1. The SMILES string of the molecule is CC1CC[C@]2(NC1)O[C@H]1CC3C4CCC5C[C@@H](O)CC[C@]5(C)C4CC[C@]3(C)[C@H]1[C@@H]2C. The molecule has 3 heteroatoms. The Morgan fingerprint density at radius 2 is 1.67 bits per heavy atom. The highest BCUT2D eigenvalue weighted by molar-refractivity contribution is 5.16. The molecule has 2 aliphatic heterocycles. The molecule has 0 radical (unpaired) electrons. The van der Waals surface area contributed by atoms with Gasteiger partial charge in [0.2, 0.25) is 0 Å². The molecule has 2 N–H and O–H groups in total. The number of hydrogen-bond donors (Lipinski definition) is 2. The van der Waals surface area contributed by atoms with Crippen molar-refractivity contribution in [1.29, 1.82) is 0 Å². The number of piperidine rings is 1. The molecule has 6 rings (SSSR count). The molecule has 1 spiro atoms. The third-order valence-corrected chi connectivity index (χ3v) is 12.1. The molecule has 0 bridgehead atoms. The van der Waals surface area contributed by atoms with Crippen molar-refractivity contribution in [3.05, 3.63) is 0 Å². The fraction of sp³-hybridized carbons (Fsp3) is 1.00. The van der Waals surface area contributed by atoms with Crippen molar-refractivity contribution in [2.24, 2.45) is 52.3 Å². The molecular formula is C27H45NO2. The monoisotopic (exact) mass is 415 g/mol. The zero-order valence-electron chi connectivity index (χ0n) is 19.8. The quantitative estimate of drug-likeness (QED) is 0.559. The maximum absolute atomic E-state index is 10.3. The zero-order chi connectivity index (χ0) is 20.9. The lowest BCUT2D eigenvalue weighted by atomic mass is 9.44. The van der Waals surface area contributed by atoms with Crippen LogP contribution in [0, 0.1) is 52.3 Å². The van der Waals surface area contributed by atoms with Crippen molar-refractivity contribution in [2.45, 2.75) is 110 Å². The van der Waals surface area contributed by atoms with Gasteiger partial charge in [-0.3, -0.25) is 5.32 Å². The number of aliphatic hydroxyl groups is 1. The van der Waals surface area contributed by atoms with Crippen LogP contribution in [0.5, 0.6) is 0 Å². The summed E-state index contributed by atoms with van der Waals surface area (Å²) in [5, 5.41) is 14.2. The predicted octanol–water partition coefficient (Wildman–Crippen LogP) is 5.37. The van der Waals surface area contributed by atoms with E-state index in [1.54, 1.807) is 0 Å². The summed E-state index contributed by atoms with van der Waals surface area (Å²) in [7, 11) is 0. The molecule has 0 aromatic rings. The summed E-state index contributed by atoms with van der Waals surface area (Å²) >= 11 is 0. The van der Waals surface area contributed by atoms with Crippen LogP contribution in [0.25, 0.3) is 0 Å². The van der Waals surface area contributed by atoms with Crippen molar-refractivity contribution >= 4 is 0 Å². The van der Waals surface area contributed by atoms with Crippen LogP contribution in [-0.4, -0.2) is 29.6 Å². The average molecular weight is 416 g/mol. The summed E-state index contributed by atoms with van der Waals surface area (Å²) in [6.45, 7) is 11.3. The molecular weight excluding hydrogens is 370 g/mol. The van der Waals surface area contributed by atoms with Gasteiger partial charge in [0.15, 0.2) is 0 Å². The second-order valence-corrected chi connectivity index (χ2v) is 13.3. The summed E-state index contributed by atoms with van der Waals surface area (Å²) in [5.74, 6) is 5.57. The van der Waals surface area contributed by atoms with Crippen molar-refractivity contribution in [2.75, 3.05) is 6.54 Å². The predicted molar refractivity (Wildman–Crippen MR) is 120 cm³/mol. The van der Waals surface area contributed by atoms with Crippen LogP contribution in [0.4, 0.5) is 0 Å². The molecule has 12 atom stereocenters. The van der Waals surface area contributed by atoms with Crippen LogP contribution in [0.2, 0.25) is 0 Å². The first kappa shape index (κ1) is 20.5. The molecule has 5 unspecified atom stereocenters. The van der Waals surface area contributed by atoms with Gasteiger partial charge in [-0.1, -0.05) is 27.7 Å². The molecule has 170 valence electrons. The van der Waals surface area contributed by atoms with Gasteiger partial charge in [-0.2, -0.15) is 0 Å². The smallest absolute Gasteiger partial charge is 0.122 e. The van der Waals surface area contributed by atoms with Gasteiger partial charge in [0.05, 0.1) is 12.2 Å². The maximum Gasteiger partial charge on any atom is 0.122 e. The minimum atomic E-state index is -0.0320. The first-order valence-electron chi connectivity index (χ1n) is 13.4. The van der Waals surface area contributed by atoms with Gasteiger partial charge in [0.25, 0.3) is 0 Å². The number of nitrogens with one attached hydrogen (secondary N) is 1. The van der Waals surface area contributed by atoms with Gasteiger partial charge in [-0.05, 0) is 111 Å². The van der Waals surface area contributed by atoms with E-state index in [0.717, 1.165) is 54.9 Å². The van der Waals surface area contributed by atoms with E-state index < -0.39 is 0 Å². The van der Waals surface area contributed by atoms with E-state index in [1.165, 1.54) is 51.4 Å². The van der Waals surface area contributed by atoms with E-state index in [1.807, 2.05) is 0 Å². The van der Waals surface area contributed by atoms with Crippen LogP contribution < -0.4 is 5.32 Å². The Labute approximate surface area is 184 Å². The lowest BCUT2D eigenvalue weighted by molar-refractivity contribution is -0.140. The fourth-order valence-corrected chi connectivity index (χ4v) is 10.4. The van der Waals surface area contributed by atoms with Crippen molar-refractivity contribution in [1.82, 2.24) is 5.32 Å². The molecule has 4 aliphatic carbocycles. The minimum absolute atomic E-state index is 0.0319. The van der Waals surface area contributed by atoms with E-state index >= 15 is 0 Å². The average Bonchev–Trinajstić information content (AvgIpc) is 3.16. The summed E-state index contributed by atoms with van der Waals surface area (Å²) in [6, 6.07) is 0. The number of fused-ring (bicyclic) bond motifs is 7. The standard InChI is InChI=1S/C27H45NO2/c1-16-7-12-27(28-15-16)17(2)24-23(30-27)14-22-20-6-5-18-13-19(29)8-10-25(18,3)21(20)9-11-26(22,24)4/h16-24,28-29H,5-15H2,1-4H3/t16?,17-,18?,19-,20?,21?,22?,23-,24-,25-,26-,27-/m0/s1. The fourth-order valence-electron chi connectivity index (χ4n) is 10.4. The van der Waals surface area contributed by atoms with E-state index in [0.29, 0.717) is 22.9 Å². The molecule has 30 heavy (non-hydrogen) atoms. The molecule has 2 saturated heterocycles. The molecule has 0 amide bonds. The second-order valence-electron chi connectivity index (χ2n) is 13.3. The highest BCUT2D eigenvalue weighted by Crippen LogP contribution is 2.71. The van der Waals surface area contributed by atoms with E-state index in [-0.39, 0.29) is 11.8 Å². The molecule has 0 aromatic heterocycles. The first-order chi connectivity index (χ1) is 14.3. The molecule has 4 saturated carbocycles. The lowest BCUT2D eigenvalue weighted by Gasteiger charge is -2.61. The number of hydrogen-bond acceptors (Lipinski definition) is 3. The molecule has 6 fully saturated rings. The van der Waals surface area contributed by atoms with Gasteiger partial charge >= 0.3 is 0 Å². The Kier molecular flexibility index (Phi) is 4.58. The Bertz CT molecular complexity index is 686. The van der Waals surface area contributed by atoms with Crippen LogP contribution >= 0.6 is 0 Å². The highest BCUT2D eigenvalue weighted by atomic mass is 16.5. The molecule has 3 nitrogen and oxygen atoms in total. The minimum Gasteiger partial charge on any atom is -0.393 e. The molecule has 2 heterocycles. The van der Waals surface area contributed by atoms with Crippen LogP contribution in [0.3, 0.4) is 0 Å². The largest absolute Gasteiger partial charge is 0.393 e. The number of ether oxygens (including phenoxy) is 1. The van der Waals surface area contributed by atoms with Crippen molar-refractivity contribution < 1.29 is 9.84 Å². The number of aliphatic hydroxyl groups excluding tert-OH is 1. The Morgan fingerprint density at radius 3 is 2.43 bits per heavy atom.